The predicted molar refractivity (Wildman–Crippen MR) is 81.7 cm³/mol. The molecule has 2 unspecified atom stereocenters. The molecule has 0 amide bonds. The summed E-state index contributed by atoms with van der Waals surface area (Å²) in [6.07, 6.45) is 2.80. The maximum Gasteiger partial charge on any atom is 0.293 e. The SMILES string of the molecule is CC(C)(C)OC=O.COc1ccc(CC23CN2CCO3)cn1. The van der Waals surface area contributed by atoms with Gasteiger partial charge in [-0.3, -0.25) is 9.69 Å². The minimum absolute atomic E-state index is 0.0102. The molecule has 2 atom stereocenters. The molecule has 3 rings (SSSR count). The Morgan fingerprint density at radius 3 is 2.59 bits per heavy atom. The number of hydrogen-bond donors (Lipinski definition) is 0. The quantitative estimate of drug-likeness (QED) is 0.622. The summed E-state index contributed by atoms with van der Waals surface area (Å²) >= 11 is 0. The van der Waals surface area contributed by atoms with E-state index in [4.69, 9.17) is 9.47 Å². The van der Waals surface area contributed by atoms with Crippen molar-refractivity contribution in [2.24, 2.45) is 0 Å². The highest BCUT2D eigenvalue weighted by atomic mass is 16.5. The third-order valence-electron chi connectivity index (χ3n) is 3.53. The van der Waals surface area contributed by atoms with E-state index in [0.717, 1.165) is 26.1 Å². The summed E-state index contributed by atoms with van der Waals surface area (Å²) in [5, 5.41) is 0. The van der Waals surface area contributed by atoms with Crippen LogP contribution in [0.1, 0.15) is 26.3 Å². The Labute approximate surface area is 131 Å². The number of ether oxygens (including phenoxy) is 3. The Hall–Kier alpha value is -1.66. The second kappa shape index (κ2) is 6.62. The van der Waals surface area contributed by atoms with Crippen LogP contribution in [0.5, 0.6) is 5.88 Å². The molecule has 0 bridgehead atoms. The lowest BCUT2D eigenvalue weighted by Crippen LogP contribution is -2.18. The molecular formula is C16H24N2O4. The molecular weight excluding hydrogens is 284 g/mol. The highest BCUT2D eigenvalue weighted by molar-refractivity contribution is 5.37. The van der Waals surface area contributed by atoms with Crippen molar-refractivity contribution in [3.63, 3.8) is 0 Å². The Morgan fingerprint density at radius 1 is 1.45 bits per heavy atom. The average Bonchev–Trinajstić information content (AvgIpc) is 2.99. The van der Waals surface area contributed by atoms with Crippen LogP contribution in [0.4, 0.5) is 0 Å². The number of hydrogen-bond acceptors (Lipinski definition) is 6. The lowest BCUT2D eigenvalue weighted by atomic mass is 10.1. The summed E-state index contributed by atoms with van der Waals surface area (Å²) in [5.74, 6) is 0.663. The van der Waals surface area contributed by atoms with Crippen molar-refractivity contribution in [2.45, 2.75) is 38.5 Å². The number of morpholine rings is 1. The van der Waals surface area contributed by atoms with Crippen LogP contribution in [0.15, 0.2) is 18.3 Å². The second-order valence-electron chi connectivity index (χ2n) is 6.43. The summed E-state index contributed by atoms with van der Waals surface area (Å²) in [6.45, 7) is 8.93. The van der Waals surface area contributed by atoms with Gasteiger partial charge in [-0.2, -0.15) is 0 Å². The fourth-order valence-electron chi connectivity index (χ4n) is 2.35. The highest BCUT2D eigenvalue weighted by Gasteiger charge is 2.56. The van der Waals surface area contributed by atoms with Crippen LogP contribution in [0.25, 0.3) is 0 Å². The molecule has 2 aliphatic rings. The number of rotatable bonds is 4. The lowest BCUT2D eigenvalue weighted by Gasteiger charge is -2.14. The minimum atomic E-state index is -0.318. The van der Waals surface area contributed by atoms with Crippen LogP contribution in [0, 0.1) is 0 Å². The number of methoxy groups -OCH3 is 1. The van der Waals surface area contributed by atoms with Gasteiger partial charge in [-0.15, -0.1) is 0 Å². The van der Waals surface area contributed by atoms with Gasteiger partial charge in [0.1, 0.15) is 11.3 Å². The van der Waals surface area contributed by atoms with E-state index in [2.05, 4.69) is 20.7 Å². The lowest BCUT2D eigenvalue weighted by molar-refractivity contribution is -0.138. The van der Waals surface area contributed by atoms with E-state index in [-0.39, 0.29) is 11.3 Å². The third-order valence-corrected chi connectivity index (χ3v) is 3.53. The number of fused-ring (bicyclic) bond motifs is 1. The molecule has 1 aromatic heterocycles. The van der Waals surface area contributed by atoms with Crippen molar-refractivity contribution >= 4 is 6.47 Å². The van der Waals surface area contributed by atoms with E-state index in [0.29, 0.717) is 12.4 Å². The molecule has 2 aliphatic heterocycles. The number of carbonyl (C=O) groups excluding carboxylic acids is 1. The van der Waals surface area contributed by atoms with Gasteiger partial charge in [-0.1, -0.05) is 6.07 Å². The van der Waals surface area contributed by atoms with E-state index < -0.39 is 0 Å². The monoisotopic (exact) mass is 308 g/mol. The van der Waals surface area contributed by atoms with Gasteiger partial charge in [0, 0.05) is 31.8 Å². The van der Waals surface area contributed by atoms with Crippen molar-refractivity contribution in [2.75, 3.05) is 26.8 Å². The van der Waals surface area contributed by atoms with Gasteiger partial charge in [-0.05, 0) is 26.3 Å². The van der Waals surface area contributed by atoms with Gasteiger partial charge in [0.25, 0.3) is 6.47 Å². The first-order chi connectivity index (χ1) is 10.4. The minimum Gasteiger partial charge on any atom is -0.481 e. The molecule has 0 aliphatic carbocycles. The van der Waals surface area contributed by atoms with Gasteiger partial charge < -0.3 is 14.2 Å². The zero-order valence-corrected chi connectivity index (χ0v) is 13.7. The fourth-order valence-corrected chi connectivity index (χ4v) is 2.35. The Bertz CT molecular complexity index is 498. The molecule has 6 heteroatoms. The molecule has 3 heterocycles. The van der Waals surface area contributed by atoms with Gasteiger partial charge in [0.2, 0.25) is 5.88 Å². The smallest absolute Gasteiger partial charge is 0.293 e. The first kappa shape index (κ1) is 16.7. The first-order valence-corrected chi connectivity index (χ1v) is 7.38. The normalized spacial score (nSPS) is 25.5. The third kappa shape index (κ3) is 4.42. The van der Waals surface area contributed by atoms with Crippen molar-refractivity contribution in [1.29, 1.82) is 0 Å². The van der Waals surface area contributed by atoms with E-state index in [1.54, 1.807) is 7.11 Å². The number of pyridine rings is 1. The van der Waals surface area contributed by atoms with Gasteiger partial charge in [0.05, 0.1) is 13.7 Å². The summed E-state index contributed by atoms with van der Waals surface area (Å²) in [5.41, 5.74) is 0.901. The molecule has 0 aromatic carbocycles. The Kier molecular flexibility index (Phi) is 5.03. The van der Waals surface area contributed by atoms with Crippen molar-refractivity contribution < 1.29 is 19.0 Å². The van der Waals surface area contributed by atoms with Crippen molar-refractivity contribution in [1.82, 2.24) is 9.88 Å². The van der Waals surface area contributed by atoms with Gasteiger partial charge in [-0.25, -0.2) is 4.98 Å². The van der Waals surface area contributed by atoms with Crippen molar-refractivity contribution in [3.8, 4) is 5.88 Å². The average molecular weight is 308 g/mol. The fraction of sp³-hybridized carbons (Fsp3) is 0.625. The zero-order chi connectivity index (χ0) is 16.2. The van der Waals surface area contributed by atoms with E-state index in [9.17, 15) is 4.79 Å². The van der Waals surface area contributed by atoms with Crippen LogP contribution in [0.3, 0.4) is 0 Å². The maximum atomic E-state index is 9.60. The summed E-state index contributed by atoms with van der Waals surface area (Å²) in [7, 11) is 1.63. The first-order valence-electron chi connectivity index (χ1n) is 7.38. The molecule has 2 fully saturated rings. The molecule has 0 saturated carbocycles. The zero-order valence-electron chi connectivity index (χ0n) is 13.7. The van der Waals surface area contributed by atoms with Crippen LogP contribution in [0.2, 0.25) is 0 Å². The van der Waals surface area contributed by atoms with Crippen LogP contribution >= 0.6 is 0 Å². The molecule has 22 heavy (non-hydrogen) atoms. The molecule has 122 valence electrons. The molecule has 2 saturated heterocycles. The molecule has 0 N–H and O–H groups in total. The number of carbonyl (C=O) groups is 1. The van der Waals surface area contributed by atoms with Crippen LogP contribution in [-0.2, 0) is 20.7 Å². The van der Waals surface area contributed by atoms with Gasteiger partial charge >= 0.3 is 0 Å². The highest BCUT2D eigenvalue weighted by Crippen LogP contribution is 2.40. The van der Waals surface area contributed by atoms with Gasteiger partial charge in [0.15, 0.2) is 0 Å². The topological polar surface area (TPSA) is 60.7 Å². The van der Waals surface area contributed by atoms with Crippen LogP contribution < -0.4 is 4.74 Å². The Balaban J connectivity index is 0.000000217. The molecule has 1 aromatic rings. The molecule has 6 nitrogen and oxygen atoms in total. The van der Waals surface area contributed by atoms with Crippen molar-refractivity contribution in [3.05, 3.63) is 23.9 Å². The number of aromatic nitrogens is 1. The summed E-state index contributed by atoms with van der Waals surface area (Å²) in [6, 6.07) is 3.95. The van der Waals surface area contributed by atoms with Crippen LogP contribution in [-0.4, -0.2) is 54.5 Å². The van der Waals surface area contributed by atoms with E-state index >= 15 is 0 Å². The number of nitrogens with zero attached hydrogens (tertiary/aromatic N) is 2. The summed E-state index contributed by atoms with van der Waals surface area (Å²) in [4.78, 5) is 16.1. The molecule has 0 radical (unpaired) electrons. The Morgan fingerprint density at radius 2 is 2.23 bits per heavy atom. The largest absolute Gasteiger partial charge is 0.481 e. The summed E-state index contributed by atoms with van der Waals surface area (Å²) < 4.78 is 15.3. The van der Waals surface area contributed by atoms with E-state index in [1.807, 2.05) is 33.0 Å². The maximum absolute atomic E-state index is 9.60. The molecule has 0 spiro atoms. The van der Waals surface area contributed by atoms with E-state index in [1.165, 1.54) is 5.56 Å². The predicted octanol–water partition coefficient (Wildman–Crippen LogP) is 1.63. The standard InChI is InChI=1S/C11H14N2O2.C5H10O2/c1-14-10-3-2-9(7-12-10)6-11-8-13(11)4-5-15-11;1-5(2,3)7-4-6/h2-3,7H,4-6,8H2,1H3;4H,1-3H3. The second-order valence-corrected chi connectivity index (χ2v) is 6.43.